The number of hydrogen-bond donors (Lipinski definition) is 1. The van der Waals surface area contributed by atoms with Crippen molar-refractivity contribution in [2.45, 2.75) is 20.8 Å². The second kappa shape index (κ2) is 9.58. The molecule has 0 aliphatic heterocycles. The van der Waals surface area contributed by atoms with Gasteiger partial charge >= 0.3 is 5.97 Å². The lowest BCUT2D eigenvalue weighted by atomic mass is 10.3. The average Bonchev–Trinajstić information content (AvgIpc) is 2.14. The van der Waals surface area contributed by atoms with Crippen molar-refractivity contribution in [1.29, 1.82) is 0 Å². The lowest BCUT2D eigenvalue weighted by Gasteiger charge is -2.00. The van der Waals surface area contributed by atoms with Crippen LogP contribution in [0.4, 0.5) is 0 Å². The third-order valence-corrected chi connectivity index (χ3v) is 0.935. The standard InChI is InChI=1S/C9H12O3.C2H6/c1-7(2)4-5-8(3)12-6-9(10)11;1-2/h4-5H,1,3,6H2,2H3,(H,10,11);1-2H3/b5-4-;. The van der Waals surface area contributed by atoms with Gasteiger partial charge in [-0.05, 0) is 13.0 Å². The Bertz CT molecular complexity index is 227. The Hall–Kier alpha value is -1.51. The molecule has 0 aromatic heterocycles. The Morgan fingerprint density at radius 3 is 2.21 bits per heavy atom. The number of carbonyl (C=O) groups is 1. The fourth-order valence-electron chi connectivity index (χ4n) is 0.438. The van der Waals surface area contributed by atoms with E-state index in [9.17, 15) is 4.79 Å². The van der Waals surface area contributed by atoms with Gasteiger partial charge in [0.05, 0.1) is 0 Å². The molecule has 0 aromatic carbocycles. The molecule has 0 bridgehead atoms. The smallest absolute Gasteiger partial charge is 0.341 e. The molecule has 0 atom stereocenters. The van der Waals surface area contributed by atoms with Crippen molar-refractivity contribution in [1.82, 2.24) is 0 Å². The molecule has 0 aliphatic rings. The summed E-state index contributed by atoms with van der Waals surface area (Å²) in [4.78, 5) is 10.0. The van der Waals surface area contributed by atoms with Crippen LogP contribution in [-0.4, -0.2) is 17.7 Å². The first kappa shape index (κ1) is 15.0. The van der Waals surface area contributed by atoms with Crippen molar-refractivity contribution in [2.24, 2.45) is 0 Å². The SMILES string of the molecule is C=C(C)/C=C\C(=C)OCC(=O)O.CC. The van der Waals surface area contributed by atoms with E-state index in [1.54, 1.807) is 12.2 Å². The molecule has 0 radical (unpaired) electrons. The maximum Gasteiger partial charge on any atom is 0.341 e. The summed E-state index contributed by atoms with van der Waals surface area (Å²) in [5.74, 6) is -0.694. The third kappa shape index (κ3) is 13.1. The first-order chi connectivity index (χ1) is 6.52. The van der Waals surface area contributed by atoms with Crippen molar-refractivity contribution < 1.29 is 14.6 Å². The molecule has 14 heavy (non-hydrogen) atoms. The van der Waals surface area contributed by atoms with Crippen LogP contribution < -0.4 is 0 Å². The summed E-state index contributed by atoms with van der Waals surface area (Å²) in [6.07, 6.45) is 3.27. The number of aliphatic carboxylic acids is 1. The van der Waals surface area contributed by atoms with Crippen LogP contribution >= 0.6 is 0 Å². The van der Waals surface area contributed by atoms with Crippen LogP contribution in [0.1, 0.15) is 20.8 Å². The second-order valence-corrected chi connectivity index (χ2v) is 2.33. The molecule has 0 heterocycles. The number of rotatable bonds is 5. The van der Waals surface area contributed by atoms with E-state index in [1.165, 1.54) is 0 Å². The van der Waals surface area contributed by atoms with Gasteiger partial charge in [0.2, 0.25) is 0 Å². The highest BCUT2D eigenvalue weighted by molar-refractivity contribution is 5.68. The van der Waals surface area contributed by atoms with Gasteiger partial charge in [-0.3, -0.25) is 0 Å². The first-order valence-corrected chi connectivity index (χ1v) is 4.39. The van der Waals surface area contributed by atoms with Crippen molar-refractivity contribution >= 4 is 5.97 Å². The minimum absolute atomic E-state index is 0.320. The van der Waals surface area contributed by atoms with Crippen molar-refractivity contribution in [3.63, 3.8) is 0 Å². The normalized spacial score (nSPS) is 8.79. The van der Waals surface area contributed by atoms with Gasteiger partial charge in [0.1, 0.15) is 5.76 Å². The molecular weight excluding hydrogens is 180 g/mol. The molecule has 0 amide bonds. The zero-order chi connectivity index (χ0) is 11.6. The second-order valence-electron chi connectivity index (χ2n) is 2.33. The monoisotopic (exact) mass is 198 g/mol. The average molecular weight is 198 g/mol. The number of carboxylic acids is 1. The highest BCUT2D eigenvalue weighted by Crippen LogP contribution is 1.98. The van der Waals surface area contributed by atoms with E-state index in [0.717, 1.165) is 5.57 Å². The highest BCUT2D eigenvalue weighted by atomic mass is 16.5. The molecule has 3 nitrogen and oxygen atoms in total. The quantitative estimate of drug-likeness (QED) is 0.545. The van der Waals surface area contributed by atoms with Crippen LogP contribution in [-0.2, 0) is 9.53 Å². The predicted molar refractivity (Wildman–Crippen MR) is 58.0 cm³/mol. The van der Waals surface area contributed by atoms with Crippen LogP contribution in [0, 0.1) is 0 Å². The lowest BCUT2D eigenvalue weighted by Crippen LogP contribution is -2.05. The van der Waals surface area contributed by atoms with Crippen molar-refractivity contribution in [3.8, 4) is 0 Å². The topological polar surface area (TPSA) is 46.5 Å². The fraction of sp³-hybridized carbons (Fsp3) is 0.364. The van der Waals surface area contributed by atoms with E-state index >= 15 is 0 Å². The van der Waals surface area contributed by atoms with Gasteiger partial charge in [-0.25, -0.2) is 4.79 Å². The zero-order valence-electron chi connectivity index (χ0n) is 9.04. The Morgan fingerprint density at radius 1 is 1.36 bits per heavy atom. The summed E-state index contributed by atoms with van der Waals surface area (Å²) < 4.78 is 4.73. The summed E-state index contributed by atoms with van der Waals surface area (Å²) in [6, 6.07) is 0. The van der Waals surface area contributed by atoms with Gasteiger partial charge < -0.3 is 9.84 Å². The van der Waals surface area contributed by atoms with E-state index < -0.39 is 5.97 Å². The summed E-state index contributed by atoms with van der Waals surface area (Å²) in [7, 11) is 0. The van der Waals surface area contributed by atoms with Gasteiger partial charge in [-0.2, -0.15) is 0 Å². The van der Waals surface area contributed by atoms with Crippen molar-refractivity contribution in [2.75, 3.05) is 6.61 Å². The third-order valence-electron chi connectivity index (χ3n) is 0.935. The molecular formula is C11H18O3. The molecule has 0 aromatic rings. The summed E-state index contributed by atoms with van der Waals surface area (Å²) in [6.45, 7) is 12.6. The van der Waals surface area contributed by atoms with E-state index in [2.05, 4.69) is 13.2 Å². The van der Waals surface area contributed by atoms with Crippen LogP contribution in [0.2, 0.25) is 0 Å². The summed E-state index contributed by atoms with van der Waals surface area (Å²) in [5.41, 5.74) is 0.857. The molecule has 0 spiro atoms. The van der Waals surface area contributed by atoms with Gasteiger partial charge in [0.25, 0.3) is 0 Å². The van der Waals surface area contributed by atoms with Gasteiger partial charge in [-0.1, -0.05) is 38.7 Å². The lowest BCUT2D eigenvalue weighted by molar-refractivity contribution is -0.140. The Balaban J connectivity index is 0. The Kier molecular flexibility index (Phi) is 10.3. The molecule has 3 heteroatoms. The first-order valence-electron chi connectivity index (χ1n) is 4.39. The maximum absolute atomic E-state index is 10.0. The molecule has 0 saturated heterocycles. The van der Waals surface area contributed by atoms with Gasteiger partial charge in [0, 0.05) is 0 Å². The predicted octanol–water partition coefficient (Wildman–Crippen LogP) is 2.76. The maximum atomic E-state index is 10.0. The van der Waals surface area contributed by atoms with E-state index in [4.69, 9.17) is 9.84 Å². The van der Waals surface area contributed by atoms with Gasteiger partial charge in [-0.15, -0.1) is 0 Å². The summed E-state index contributed by atoms with van der Waals surface area (Å²) in [5, 5.41) is 8.23. The molecule has 0 aliphatic carbocycles. The number of allylic oxidation sites excluding steroid dienone is 3. The van der Waals surface area contributed by atoms with Crippen molar-refractivity contribution in [3.05, 3.63) is 36.6 Å². The van der Waals surface area contributed by atoms with E-state index in [1.807, 2.05) is 20.8 Å². The fourth-order valence-corrected chi connectivity index (χ4v) is 0.438. The van der Waals surface area contributed by atoms with Crippen LogP contribution in [0.15, 0.2) is 36.6 Å². The Labute approximate surface area is 85.4 Å². The molecule has 0 saturated carbocycles. The summed E-state index contributed by atoms with van der Waals surface area (Å²) >= 11 is 0. The molecule has 80 valence electrons. The van der Waals surface area contributed by atoms with Crippen LogP contribution in [0.5, 0.6) is 0 Å². The van der Waals surface area contributed by atoms with Crippen LogP contribution in [0.3, 0.4) is 0 Å². The van der Waals surface area contributed by atoms with Gasteiger partial charge in [0.15, 0.2) is 6.61 Å². The van der Waals surface area contributed by atoms with Crippen LogP contribution in [0.25, 0.3) is 0 Å². The minimum atomic E-state index is -1.01. The van der Waals surface area contributed by atoms with E-state index in [-0.39, 0.29) is 6.61 Å². The minimum Gasteiger partial charge on any atom is -0.483 e. The highest BCUT2D eigenvalue weighted by Gasteiger charge is 1.95. The number of ether oxygens (including phenoxy) is 1. The molecule has 0 unspecified atom stereocenters. The van der Waals surface area contributed by atoms with E-state index in [0.29, 0.717) is 5.76 Å². The molecule has 0 fully saturated rings. The molecule has 0 rings (SSSR count). The number of carboxylic acid groups (broad SMARTS) is 1. The zero-order valence-corrected chi connectivity index (χ0v) is 9.04. The number of hydrogen-bond acceptors (Lipinski definition) is 2. The Morgan fingerprint density at radius 2 is 1.86 bits per heavy atom. The largest absolute Gasteiger partial charge is 0.483 e. The molecule has 1 N–H and O–H groups in total.